The van der Waals surface area contributed by atoms with Crippen molar-refractivity contribution in [2.45, 2.75) is 12.8 Å². The number of pyridine rings is 1. The Morgan fingerprint density at radius 3 is 2.35 bits per heavy atom. The molecule has 9 rings (SSSR count). The summed E-state index contributed by atoms with van der Waals surface area (Å²) in [6.45, 7) is 0. The van der Waals surface area contributed by atoms with Crippen molar-refractivity contribution in [3.05, 3.63) is 132 Å². The summed E-state index contributed by atoms with van der Waals surface area (Å²) in [6, 6.07) is 39.8. The van der Waals surface area contributed by atoms with Crippen LogP contribution in [-0.4, -0.2) is 0 Å². The van der Waals surface area contributed by atoms with E-state index in [2.05, 4.69) is 108 Å². The minimum absolute atomic E-state index is 0.937. The average Bonchev–Trinajstić information content (AvgIpc) is 3.62. The van der Waals surface area contributed by atoms with E-state index in [4.69, 9.17) is 4.42 Å². The van der Waals surface area contributed by atoms with Crippen molar-refractivity contribution in [3.63, 3.8) is 0 Å². The number of nitrogens with zero attached hydrogens (tertiary/aromatic N) is 1. The van der Waals surface area contributed by atoms with Gasteiger partial charge in [0, 0.05) is 34.0 Å². The van der Waals surface area contributed by atoms with Gasteiger partial charge in [-0.1, -0.05) is 66.7 Å². The number of fused-ring (bicyclic) bond motifs is 11. The zero-order valence-electron chi connectivity index (χ0n) is 20.2. The molecule has 3 heterocycles. The Bertz CT molecular complexity index is 2100. The zero-order chi connectivity index (χ0) is 24.1. The van der Waals surface area contributed by atoms with Crippen molar-refractivity contribution >= 4 is 32.7 Å². The number of hydrogen-bond acceptors (Lipinski definition) is 1. The van der Waals surface area contributed by atoms with Gasteiger partial charge in [0.1, 0.15) is 11.2 Å². The van der Waals surface area contributed by atoms with Crippen molar-refractivity contribution in [1.29, 1.82) is 0 Å². The van der Waals surface area contributed by atoms with E-state index in [1.54, 1.807) is 0 Å². The molecule has 2 aliphatic rings. The fourth-order valence-corrected chi connectivity index (χ4v) is 6.77. The topological polar surface area (TPSA) is 17.0 Å². The van der Waals surface area contributed by atoms with Crippen LogP contribution in [0, 0.1) is 0 Å². The highest BCUT2D eigenvalue weighted by Gasteiger charge is 2.37. The lowest BCUT2D eigenvalue weighted by atomic mass is 9.88. The van der Waals surface area contributed by atoms with Gasteiger partial charge in [-0.05, 0) is 57.8 Å². The monoisotopic (exact) mass is 472 g/mol. The summed E-state index contributed by atoms with van der Waals surface area (Å²) in [5.41, 5.74) is 14.1. The summed E-state index contributed by atoms with van der Waals surface area (Å²) >= 11 is 0. The van der Waals surface area contributed by atoms with E-state index < -0.39 is 0 Å². The first-order valence-corrected chi connectivity index (χ1v) is 13.0. The maximum absolute atomic E-state index is 6.16. The first kappa shape index (κ1) is 19.5. The maximum Gasteiger partial charge on any atom is 0.214 e. The molecule has 37 heavy (non-hydrogen) atoms. The van der Waals surface area contributed by atoms with Gasteiger partial charge in [0.15, 0.2) is 11.4 Å². The Hall–Kier alpha value is -4.69. The van der Waals surface area contributed by atoms with E-state index in [1.165, 1.54) is 72.0 Å². The van der Waals surface area contributed by atoms with E-state index in [0.29, 0.717) is 0 Å². The summed E-state index contributed by atoms with van der Waals surface area (Å²) in [7, 11) is 0. The van der Waals surface area contributed by atoms with Crippen LogP contribution in [0.4, 0.5) is 0 Å². The smallest absolute Gasteiger partial charge is 0.214 e. The maximum atomic E-state index is 6.16. The van der Waals surface area contributed by atoms with Crippen molar-refractivity contribution < 1.29 is 8.98 Å². The second-order valence-electron chi connectivity index (χ2n) is 10.3. The number of benzene rings is 5. The SMILES string of the molecule is c1ccc2c(c1)Cc1ccc3c([n+]1-2)Cc1cc2ccccc2c(-c2ccc4oc5ccccc5c4c2)c1-3. The van der Waals surface area contributed by atoms with Crippen LogP contribution in [0.25, 0.3) is 60.7 Å². The van der Waals surface area contributed by atoms with Crippen LogP contribution >= 0.6 is 0 Å². The molecule has 0 bridgehead atoms. The van der Waals surface area contributed by atoms with Gasteiger partial charge in [-0.15, -0.1) is 0 Å². The third-order valence-electron chi connectivity index (χ3n) is 8.34. The third kappa shape index (κ3) is 2.57. The molecule has 0 unspecified atom stereocenters. The second kappa shape index (κ2) is 6.96. The van der Waals surface area contributed by atoms with E-state index in [-0.39, 0.29) is 0 Å². The molecule has 172 valence electrons. The standard InChI is InChI=1S/C35H22NO/c1-3-9-26-21(7-1)17-24-20-31-28(15-14-25-18-22-8-2-5-11-30(22)36(25)31)35(24)34(26)23-13-16-33-29(19-23)27-10-4-6-12-32(27)37-33/h1-17,19H,18,20H2/q+1. The van der Waals surface area contributed by atoms with Gasteiger partial charge in [-0.25, -0.2) is 0 Å². The molecule has 2 aromatic heterocycles. The Morgan fingerprint density at radius 1 is 0.568 bits per heavy atom. The fourth-order valence-electron chi connectivity index (χ4n) is 6.77. The number of rotatable bonds is 1. The highest BCUT2D eigenvalue weighted by Crippen LogP contribution is 2.47. The normalized spacial score (nSPS) is 13.2. The van der Waals surface area contributed by atoms with E-state index >= 15 is 0 Å². The summed E-state index contributed by atoms with van der Waals surface area (Å²) in [4.78, 5) is 0. The molecule has 0 atom stereocenters. The molecule has 0 fully saturated rings. The average molecular weight is 473 g/mol. The van der Waals surface area contributed by atoms with Crippen LogP contribution in [0.1, 0.15) is 22.5 Å². The Balaban J connectivity index is 1.37. The molecule has 0 amide bonds. The Morgan fingerprint density at radius 2 is 1.38 bits per heavy atom. The van der Waals surface area contributed by atoms with E-state index in [9.17, 15) is 0 Å². The predicted octanol–water partition coefficient (Wildman–Crippen LogP) is 8.16. The summed E-state index contributed by atoms with van der Waals surface area (Å²) in [5.74, 6) is 0. The van der Waals surface area contributed by atoms with Gasteiger partial charge in [-0.3, -0.25) is 0 Å². The van der Waals surface area contributed by atoms with Crippen LogP contribution < -0.4 is 4.57 Å². The first-order valence-electron chi connectivity index (χ1n) is 13.0. The Kier molecular flexibility index (Phi) is 3.66. The van der Waals surface area contributed by atoms with Gasteiger partial charge in [0.25, 0.3) is 0 Å². The summed E-state index contributed by atoms with van der Waals surface area (Å²) in [5, 5.41) is 4.93. The van der Waals surface area contributed by atoms with E-state index in [1.807, 2.05) is 6.07 Å². The molecular formula is C35H22NO+. The van der Waals surface area contributed by atoms with Gasteiger partial charge in [0.2, 0.25) is 5.69 Å². The molecule has 0 saturated heterocycles. The molecule has 0 N–H and O–H groups in total. The second-order valence-corrected chi connectivity index (χ2v) is 10.3. The van der Waals surface area contributed by atoms with Crippen LogP contribution in [0.5, 0.6) is 0 Å². The van der Waals surface area contributed by atoms with Gasteiger partial charge in [0.05, 0.1) is 18.4 Å². The first-order chi connectivity index (χ1) is 18.3. The van der Waals surface area contributed by atoms with Crippen molar-refractivity contribution in [2.75, 3.05) is 0 Å². The highest BCUT2D eigenvalue weighted by molar-refractivity contribution is 6.11. The molecule has 0 spiro atoms. The lowest BCUT2D eigenvalue weighted by Gasteiger charge is -2.14. The quantitative estimate of drug-likeness (QED) is 0.220. The molecular weight excluding hydrogens is 450 g/mol. The van der Waals surface area contributed by atoms with Crippen molar-refractivity contribution in [2.24, 2.45) is 0 Å². The number of aromatic nitrogens is 1. The predicted molar refractivity (Wildman–Crippen MR) is 149 cm³/mol. The molecule has 1 aliphatic heterocycles. The van der Waals surface area contributed by atoms with Gasteiger partial charge < -0.3 is 4.42 Å². The largest absolute Gasteiger partial charge is 0.456 e. The number of hydrogen-bond donors (Lipinski definition) is 0. The lowest BCUT2D eigenvalue weighted by molar-refractivity contribution is -0.604. The molecule has 2 heteroatoms. The fraction of sp³-hybridized carbons (Fsp3) is 0.0571. The molecule has 0 saturated carbocycles. The molecule has 7 aromatic rings. The van der Waals surface area contributed by atoms with Gasteiger partial charge in [-0.2, -0.15) is 4.57 Å². The molecule has 5 aromatic carbocycles. The van der Waals surface area contributed by atoms with Crippen LogP contribution in [-0.2, 0) is 12.8 Å². The number of para-hydroxylation sites is 2. The van der Waals surface area contributed by atoms with Crippen LogP contribution in [0.3, 0.4) is 0 Å². The van der Waals surface area contributed by atoms with E-state index in [0.717, 1.165) is 24.0 Å². The van der Waals surface area contributed by atoms with Crippen molar-refractivity contribution in [1.82, 2.24) is 0 Å². The number of furan rings is 1. The highest BCUT2D eigenvalue weighted by atomic mass is 16.3. The lowest BCUT2D eigenvalue weighted by Crippen LogP contribution is -2.36. The third-order valence-corrected chi connectivity index (χ3v) is 8.34. The van der Waals surface area contributed by atoms with Crippen LogP contribution in [0.2, 0.25) is 0 Å². The Labute approximate surface area is 214 Å². The zero-order valence-corrected chi connectivity index (χ0v) is 20.2. The van der Waals surface area contributed by atoms with Crippen molar-refractivity contribution in [3.8, 4) is 27.9 Å². The van der Waals surface area contributed by atoms with Crippen LogP contribution in [0.15, 0.2) is 114 Å². The molecule has 0 radical (unpaired) electrons. The summed E-state index contributed by atoms with van der Waals surface area (Å²) in [6.07, 6.45) is 1.94. The minimum atomic E-state index is 0.937. The molecule has 1 aliphatic carbocycles. The summed E-state index contributed by atoms with van der Waals surface area (Å²) < 4.78 is 8.68. The van der Waals surface area contributed by atoms with Gasteiger partial charge >= 0.3 is 0 Å². The molecule has 2 nitrogen and oxygen atoms in total. The minimum Gasteiger partial charge on any atom is -0.456 e.